The first-order valence-electron chi connectivity index (χ1n) is 15.0. The molecule has 0 aliphatic carbocycles. The van der Waals surface area contributed by atoms with Crippen molar-refractivity contribution in [3.8, 4) is 0 Å². The second-order valence-corrected chi connectivity index (χ2v) is 13.0. The lowest BCUT2D eigenvalue weighted by Crippen LogP contribution is -2.64. The number of benzodiazepines with no additional fused rings is 1. The highest BCUT2D eigenvalue weighted by molar-refractivity contribution is 6.20. The highest BCUT2D eigenvalue weighted by Crippen LogP contribution is 2.38. The first-order chi connectivity index (χ1) is 20.8. The zero-order chi connectivity index (χ0) is 31.8. The molecule has 0 radical (unpaired) electrons. The van der Waals surface area contributed by atoms with E-state index in [1.54, 1.807) is 62.1 Å². The van der Waals surface area contributed by atoms with Crippen molar-refractivity contribution in [2.45, 2.75) is 77.1 Å². The molecule has 0 saturated heterocycles. The highest BCUT2D eigenvalue weighted by atomic mass is 19.1. The molecular formula is C35H39FN4O4. The van der Waals surface area contributed by atoms with Crippen LogP contribution in [-0.4, -0.2) is 46.7 Å². The number of anilines is 2. The van der Waals surface area contributed by atoms with Crippen molar-refractivity contribution in [1.82, 2.24) is 0 Å². The van der Waals surface area contributed by atoms with E-state index in [9.17, 15) is 14.4 Å². The summed E-state index contributed by atoms with van der Waals surface area (Å²) in [6.07, 6.45) is 0.612. The molecule has 8 nitrogen and oxygen atoms in total. The van der Waals surface area contributed by atoms with Gasteiger partial charge in [0, 0.05) is 22.9 Å². The molecule has 2 aliphatic rings. The van der Waals surface area contributed by atoms with Crippen LogP contribution in [0.1, 0.15) is 64.2 Å². The van der Waals surface area contributed by atoms with E-state index in [-0.39, 0.29) is 30.2 Å². The molecule has 1 unspecified atom stereocenters. The minimum Gasteiger partial charge on any atom is -0.458 e. The number of carbonyl (C=O) groups is 3. The van der Waals surface area contributed by atoms with Crippen molar-refractivity contribution in [2.24, 2.45) is 16.6 Å². The number of benzene rings is 3. The molecular weight excluding hydrogens is 559 g/mol. The number of carbonyl (C=O) groups excluding carboxylic acids is 3. The van der Waals surface area contributed by atoms with E-state index in [1.165, 1.54) is 6.07 Å². The van der Waals surface area contributed by atoms with Crippen LogP contribution in [0, 0.1) is 11.7 Å². The number of rotatable bonds is 7. The summed E-state index contributed by atoms with van der Waals surface area (Å²) in [7, 11) is 0. The fourth-order valence-electron chi connectivity index (χ4n) is 5.99. The fraction of sp³-hybridized carbons (Fsp3) is 0.371. The van der Waals surface area contributed by atoms with Crippen molar-refractivity contribution in [2.75, 3.05) is 10.2 Å². The van der Waals surface area contributed by atoms with Crippen LogP contribution in [0.15, 0.2) is 77.8 Å². The van der Waals surface area contributed by atoms with Gasteiger partial charge in [-0.05, 0) is 75.8 Å². The number of ether oxygens (including phenoxy) is 1. The summed E-state index contributed by atoms with van der Waals surface area (Å²) in [5.74, 6) is -2.31. The van der Waals surface area contributed by atoms with Crippen molar-refractivity contribution in [1.29, 1.82) is 0 Å². The summed E-state index contributed by atoms with van der Waals surface area (Å²) >= 11 is 0. The van der Waals surface area contributed by atoms with Crippen LogP contribution in [0.5, 0.6) is 0 Å². The Balaban J connectivity index is 1.57. The number of nitrogens with two attached hydrogens (primary N) is 1. The van der Waals surface area contributed by atoms with Crippen LogP contribution >= 0.6 is 0 Å². The summed E-state index contributed by atoms with van der Waals surface area (Å²) < 4.78 is 20.8. The third-order valence-corrected chi connectivity index (χ3v) is 7.82. The van der Waals surface area contributed by atoms with Gasteiger partial charge in [0.15, 0.2) is 5.54 Å². The van der Waals surface area contributed by atoms with Gasteiger partial charge < -0.3 is 20.7 Å². The van der Waals surface area contributed by atoms with E-state index in [0.717, 1.165) is 5.56 Å². The molecule has 0 bridgehead atoms. The third kappa shape index (κ3) is 6.15. The Morgan fingerprint density at radius 1 is 1.02 bits per heavy atom. The second-order valence-electron chi connectivity index (χ2n) is 13.0. The number of amides is 2. The number of fused-ring (bicyclic) bond motifs is 2. The average Bonchev–Trinajstić information content (AvgIpc) is 3.25. The van der Waals surface area contributed by atoms with Gasteiger partial charge in [0.2, 0.25) is 5.91 Å². The summed E-state index contributed by atoms with van der Waals surface area (Å²) in [5.41, 5.74) is 7.17. The molecule has 230 valence electrons. The van der Waals surface area contributed by atoms with E-state index >= 15 is 4.39 Å². The number of esters is 1. The average molecular weight is 599 g/mol. The minimum absolute atomic E-state index is 0.0704. The fourth-order valence-corrected chi connectivity index (χ4v) is 5.99. The molecule has 5 rings (SSSR count). The van der Waals surface area contributed by atoms with Gasteiger partial charge in [-0.3, -0.25) is 14.6 Å². The molecule has 44 heavy (non-hydrogen) atoms. The predicted octanol–water partition coefficient (Wildman–Crippen LogP) is 5.42. The maximum atomic E-state index is 15.1. The smallest absolute Gasteiger partial charge is 0.336 e. The van der Waals surface area contributed by atoms with Crippen molar-refractivity contribution >= 4 is 34.9 Å². The quantitative estimate of drug-likeness (QED) is 0.279. The number of hydrogen-bond donors (Lipinski definition) is 2. The predicted molar refractivity (Wildman–Crippen MR) is 169 cm³/mol. The van der Waals surface area contributed by atoms with Crippen LogP contribution in [0.4, 0.5) is 15.8 Å². The Morgan fingerprint density at radius 2 is 1.66 bits per heavy atom. The lowest BCUT2D eigenvalue weighted by Gasteiger charge is -2.37. The van der Waals surface area contributed by atoms with Crippen LogP contribution in [0.2, 0.25) is 0 Å². The zero-order valence-corrected chi connectivity index (χ0v) is 25.8. The molecule has 2 heterocycles. The maximum absolute atomic E-state index is 15.1. The monoisotopic (exact) mass is 598 g/mol. The van der Waals surface area contributed by atoms with E-state index < -0.39 is 40.9 Å². The topological polar surface area (TPSA) is 114 Å². The molecule has 3 aromatic carbocycles. The Labute approximate surface area is 257 Å². The molecule has 0 aromatic heterocycles. The van der Waals surface area contributed by atoms with Gasteiger partial charge in [-0.15, -0.1) is 0 Å². The Kier molecular flexibility index (Phi) is 8.44. The van der Waals surface area contributed by atoms with E-state index in [2.05, 4.69) is 5.32 Å². The second kappa shape index (κ2) is 12.0. The molecule has 0 saturated carbocycles. The number of aliphatic imine (C=N–C) groups is 1. The number of nitrogens with one attached hydrogen (secondary N) is 1. The van der Waals surface area contributed by atoms with Crippen LogP contribution in [0.3, 0.4) is 0 Å². The first-order valence-corrected chi connectivity index (χ1v) is 15.0. The number of nitrogens with zero attached hydrogens (tertiary/aromatic N) is 2. The summed E-state index contributed by atoms with van der Waals surface area (Å²) in [6, 6.07) is 19.4. The van der Waals surface area contributed by atoms with Gasteiger partial charge in [0.25, 0.3) is 5.91 Å². The standard InChI is InChI=1S/C35H39FN4O4/c1-21(2)20-35(37,33(43)44-34(3,4)5)32(42)40-23(18-22-12-6-11-17-29(22)40)19-28-31(41)39-27-16-10-8-14-25(27)30(38-28)24-13-7-9-15-26(24)36/h6-17,21,23,28H,18-20,37H2,1-5H3,(H,39,41)/t23?,28-,35-/m1/s1. The number of para-hydroxylation sites is 2. The van der Waals surface area contributed by atoms with Gasteiger partial charge in [-0.25, -0.2) is 9.18 Å². The Bertz CT molecular complexity index is 1630. The highest BCUT2D eigenvalue weighted by Gasteiger charge is 2.51. The number of hydrogen-bond acceptors (Lipinski definition) is 6. The van der Waals surface area contributed by atoms with E-state index in [4.69, 9.17) is 15.5 Å². The van der Waals surface area contributed by atoms with E-state index in [1.807, 2.05) is 44.2 Å². The van der Waals surface area contributed by atoms with Crippen LogP contribution in [0.25, 0.3) is 0 Å². The SMILES string of the molecule is CC(C)C[C@](N)(C(=O)OC(C)(C)C)C(=O)N1c2ccccc2CC1C[C@H]1N=C(c2ccccc2F)c2ccccc2NC1=O. The van der Waals surface area contributed by atoms with Gasteiger partial charge in [0.1, 0.15) is 17.5 Å². The Morgan fingerprint density at radius 3 is 2.34 bits per heavy atom. The molecule has 9 heteroatoms. The Hall–Kier alpha value is -4.37. The van der Waals surface area contributed by atoms with Crippen LogP contribution < -0.4 is 16.0 Å². The lowest BCUT2D eigenvalue weighted by molar-refractivity contribution is -0.164. The van der Waals surface area contributed by atoms with Gasteiger partial charge >= 0.3 is 5.97 Å². The van der Waals surface area contributed by atoms with Crippen LogP contribution in [-0.2, 0) is 25.5 Å². The largest absolute Gasteiger partial charge is 0.458 e. The van der Waals surface area contributed by atoms with Crippen molar-refractivity contribution < 1.29 is 23.5 Å². The normalized spacial score (nSPS) is 19.3. The lowest BCUT2D eigenvalue weighted by atomic mass is 9.87. The van der Waals surface area contributed by atoms with Gasteiger partial charge in [-0.2, -0.15) is 0 Å². The molecule has 0 spiro atoms. The summed E-state index contributed by atoms with van der Waals surface area (Å²) in [6.45, 7) is 8.97. The number of halogens is 1. The van der Waals surface area contributed by atoms with Crippen molar-refractivity contribution in [3.63, 3.8) is 0 Å². The molecule has 3 aromatic rings. The minimum atomic E-state index is -1.96. The zero-order valence-electron chi connectivity index (χ0n) is 25.8. The molecule has 0 fully saturated rings. The van der Waals surface area contributed by atoms with Crippen molar-refractivity contribution in [3.05, 3.63) is 95.3 Å². The molecule has 3 N–H and O–H groups in total. The first kappa shape index (κ1) is 31.1. The van der Waals surface area contributed by atoms with Gasteiger partial charge in [0.05, 0.1) is 11.4 Å². The van der Waals surface area contributed by atoms with Gasteiger partial charge in [-0.1, -0.05) is 62.4 Å². The van der Waals surface area contributed by atoms with E-state index in [0.29, 0.717) is 29.1 Å². The maximum Gasteiger partial charge on any atom is 0.336 e. The summed E-state index contributed by atoms with van der Waals surface area (Å²) in [4.78, 5) is 48.1. The molecule has 2 aliphatic heterocycles. The molecule has 2 amide bonds. The summed E-state index contributed by atoms with van der Waals surface area (Å²) in [5, 5.41) is 2.95. The third-order valence-electron chi connectivity index (χ3n) is 7.82. The molecule has 3 atom stereocenters.